The van der Waals surface area contributed by atoms with Crippen molar-refractivity contribution in [3.63, 3.8) is 0 Å². The van der Waals surface area contributed by atoms with Crippen molar-refractivity contribution in [2.75, 3.05) is 53.0 Å². The molecule has 0 amide bonds. The molecule has 0 unspecified atom stereocenters. The van der Waals surface area contributed by atoms with Crippen LogP contribution >= 0.6 is 0 Å². The van der Waals surface area contributed by atoms with Gasteiger partial charge in [-0.3, -0.25) is 9.80 Å². The zero-order valence-electron chi connectivity index (χ0n) is 15.3. The first-order valence-corrected chi connectivity index (χ1v) is 9.90. The van der Waals surface area contributed by atoms with Crippen molar-refractivity contribution >= 4 is 10.9 Å². The molecule has 0 aliphatic carbocycles. The molecule has 1 aromatic carbocycles. The normalized spacial score (nSPS) is 29.3. The summed E-state index contributed by atoms with van der Waals surface area (Å²) in [6, 6.07) is 4.84. The van der Waals surface area contributed by atoms with Gasteiger partial charge in [0, 0.05) is 55.4 Å². The highest BCUT2D eigenvalue weighted by Crippen LogP contribution is 2.43. The van der Waals surface area contributed by atoms with Gasteiger partial charge < -0.3 is 19.4 Å². The molecule has 2 saturated heterocycles. The Morgan fingerprint density at radius 1 is 1.04 bits per heavy atom. The van der Waals surface area contributed by atoms with Crippen LogP contribution in [-0.4, -0.2) is 78.8 Å². The summed E-state index contributed by atoms with van der Waals surface area (Å²) in [5.74, 6) is 1.78. The molecule has 5 heterocycles. The predicted molar refractivity (Wildman–Crippen MR) is 99.9 cm³/mol. The summed E-state index contributed by atoms with van der Waals surface area (Å²) in [7, 11) is 2.25. The molecule has 4 aliphatic heterocycles. The first-order valence-electron chi connectivity index (χ1n) is 9.90. The summed E-state index contributed by atoms with van der Waals surface area (Å²) in [5, 5.41) is 1.33. The second kappa shape index (κ2) is 5.62. The van der Waals surface area contributed by atoms with Crippen LogP contribution in [-0.2, 0) is 6.42 Å². The van der Waals surface area contributed by atoms with E-state index in [2.05, 4.69) is 38.9 Å². The van der Waals surface area contributed by atoms with Crippen LogP contribution in [0.3, 0.4) is 0 Å². The molecule has 2 fully saturated rings. The number of hydrogen-bond acceptors (Lipinski definition) is 5. The Labute approximate surface area is 153 Å². The summed E-state index contributed by atoms with van der Waals surface area (Å²) in [4.78, 5) is 11.7. The van der Waals surface area contributed by atoms with E-state index in [1.165, 1.54) is 48.2 Å². The summed E-state index contributed by atoms with van der Waals surface area (Å²) in [6.45, 7) is 7.18. The number of nitrogens with zero attached hydrogens (tertiary/aromatic N) is 3. The number of ether oxygens (including phenoxy) is 2. The molecule has 0 bridgehead atoms. The smallest absolute Gasteiger partial charge is 0.163 e. The van der Waals surface area contributed by atoms with E-state index >= 15 is 0 Å². The summed E-state index contributed by atoms with van der Waals surface area (Å²) >= 11 is 0. The van der Waals surface area contributed by atoms with Crippen molar-refractivity contribution in [3.05, 3.63) is 23.4 Å². The van der Waals surface area contributed by atoms with Gasteiger partial charge in [0.1, 0.15) is 13.2 Å². The first-order chi connectivity index (χ1) is 12.8. The molecule has 6 rings (SSSR count). The highest BCUT2D eigenvalue weighted by Gasteiger charge is 2.42. The lowest BCUT2D eigenvalue weighted by atomic mass is 9.92. The quantitative estimate of drug-likeness (QED) is 0.782. The van der Waals surface area contributed by atoms with Crippen LogP contribution in [0.4, 0.5) is 0 Å². The van der Waals surface area contributed by atoms with E-state index in [9.17, 15) is 0 Å². The maximum absolute atomic E-state index is 5.82. The highest BCUT2D eigenvalue weighted by molar-refractivity contribution is 5.88. The van der Waals surface area contributed by atoms with Gasteiger partial charge in [0.05, 0.1) is 12.2 Å². The molecule has 6 nitrogen and oxygen atoms in total. The van der Waals surface area contributed by atoms with Crippen LogP contribution in [0.25, 0.3) is 10.9 Å². The summed E-state index contributed by atoms with van der Waals surface area (Å²) in [6.07, 6.45) is 2.89. The minimum absolute atomic E-state index is 0.512. The number of hydrogen-bond donors (Lipinski definition) is 1. The maximum Gasteiger partial charge on any atom is 0.163 e. The van der Waals surface area contributed by atoms with Crippen LogP contribution in [0.2, 0.25) is 0 Å². The number of benzene rings is 1. The number of aromatic amines is 1. The number of H-pyrrole nitrogens is 1. The molecular formula is C20H26N4O2. The van der Waals surface area contributed by atoms with Gasteiger partial charge in [-0.1, -0.05) is 0 Å². The molecule has 4 aliphatic rings. The molecule has 0 spiro atoms. The number of nitrogens with one attached hydrogen (secondary N) is 1. The lowest BCUT2D eigenvalue weighted by molar-refractivity contribution is -0.0772. The van der Waals surface area contributed by atoms with Crippen molar-refractivity contribution in [2.45, 2.75) is 25.0 Å². The Kier molecular flexibility index (Phi) is 3.31. The number of aromatic nitrogens is 1. The summed E-state index contributed by atoms with van der Waals surface area (Å²) in [5.41, 5.74) is 4.13. The van der Waals surface area contributed by atoms with Crippen LogP contribution in [0.1, 0.15) is 23.7 Å². The molecule has 2 aromatic rings. The standard InChI is InChI=1S/C20H26N4O2/c1-22-6-7-23-4-3-16-20-13(2-5-24(16)19(23)12-22)14-10-17-18(11-15(14)21-20)26-9-8-25-17/h10-11,16,19,21H,2-9,12H2,1H3/t16-,19-/m1/s1. The van der Waals surface area contributed by atoms with E-state index in [1.54, 1.807) is 0 Å². The Balaban J connectivity index is 1.41. The third-order valence-electron chi connectivity index (χ3n) is 6.69. The predicted octanol–water partition coefficient (Wildman–Crippen LogP) is 1.82. The van der Waals surface area contributed by atoms with Gasteiger partial charge in [-0.05, 0) is 31.5 Å². The molecular weight excluding hydrogens is 328 g/mol. The van der Waals surface area contributed by atoms with Crippen molar-refractivity contribution in [1.82, 2.24) is 19.7 Å². The topological polar surface area (TPSA) is 44.0 Å². The van der Waals surface area contributed by atoms with Gasteiger partial charge in [0.15, 0.2) is 11.5 Å². The lowest BCUT2D eigenvalue weighted by Crippen LogP contribution is -2.64. The molecule has 138 valence electrons. The first kappa shape index (κ1) is 15.3. The van der Waals surface area contributed by atoms with Crippen molar-refractivity contribution in [3.8, 4) is 11.5 Å². The Bertz CT molecular complexity index is 863. The Hall–Kier alpha value is -1.76. The number of fused-ring (bicyclic) bond motifs is 8. The monoisotopic (exact) mass is 354 g/mol. The molecule has 0 saturated carbocycles. The molecule has 1 aromatic heterocycles. The molecule has 2 atom stereocenters. The zero-order chi connectivity index (χ0) is 17.3. The minimum Gasteiger partial charge on any atom is -0.486 e. The molecule has 6 heteroatoms. The SMILES string of the molecule is CN1CCN2CC[C@@H]3c4[nH]c5cc6c(cc5c4CCN3[C@@H]2C1)OCCO6. The van der Waals surface area contributed by atoms with Crippen molar-refractivity contribution in [1.29, 1.82) is 0 Å². The van der Waals surface area contributed by atoms with E-state index in [-0.39, 0.29) is 0 Å². The van der Waals surface area contributed by atoms with Gasteiger partial charge in [-0.25, -0.2) is 0 Å². The van der Waals surface area contributed by atoms with E-state index in [0.717, 1.165) is 31.0 Å². The van der Waals surface area contributed by atoms with E-state index < -0.39 is 0 Å². The van der Waals surface area contributed by atoms with Gasteiger partial charge >= 0.3 is 0 Å². The number of likely N-dealkylation sites (N-methyl/N-ethyl adjacent to an activating group) is 1. The molecule has 26 heavy (non-hydrogen) atoms. The van der Waals surface area contributed by atoms with Crippen LogP contribution < -0.4 is 9.47 Å². The van der Waals surface area contributed by atoms with Crippen molar-refractivity contribution in [2.24, 2.45) is 0 Å². The minimum atomic E-state index is 0.512. The average Bonchev–Trinajstić information content (AvgIpc) is 3.03. The zero-order valence-corrected chi connectivity index (χ0v) is 15.3. The van der Waals surface area contributed by atoms with Gasteiger partial charge in [0.2, 0.25) is 0 Å². The molecule has 1 N–H and O–H groups in total. The fourth-order valence-electron chi connectivity index (χ4n) is 5.39. The lowest BCUT2D eigenvalue weighted by Gasteiger charge is -2.53. The van der Waals surface area contributed by atoms with Gasteiger partial charge in [0.25, 0.3) is 0 Å². The number of piperazine rings is 1. The Morgan fingerprint density at radius 3 is 2.77 bits per heavy atom. The van der Waals surface area contributed by atoms with Gasteiger partial charge in [-0.15, -0.1) is 0 Å². The van der Waals surface area contributed by atoms with E-state index in [1.807, 2.05) is 0 Å². The Morgan fingerprint density at radius 2 is 1.88 bits per heavy atom. The number of rotatable bonds is 0. The van der Waals surface area contributed by atoms with Crippen molar-refractivity contribution < 1.29 is 9.47 Å². The average molecular weight is 354 g/mol. The highest BCUT2D eigenvalue weighted by atomic mass is 16.6. The van der Waals surface area contributed by atoms with Gasteiger partial charge in [-0.2, -0.15) is 0 Å². The van der Waals surface area contributed by atoms with Crippen LogP contribution in [0.15, 0.2) is 12.1 Å². The third kappa shape index (κ3) is 2.15. The fraction of sp³-hybridized carbons (Fsp3) is 0.600. The second-order valence-corrected chi connectivity index (χ2v) is 8.13. The third-order valence-corrected chi connectivity index (χ3v) is 6.69. The second-order valence-electron chi connectivity index (χ2n) is 8.13. The van der Waals surface area contributed by atoms with E-state index in [4.69, 9.17) is 9.47 Å². The largest absolute Gasteiger partial charge is 0.486 e. The molecule has 0 radical (unpaired) electrons. The van der Waals surface area contributed by atoms with Crippen LogP contribution in [0.5, 0.6) is 11.5 Å². The van der Waals surface area contributed by atoms with E-state index in [0.29, 0.717) is 25.4 Å². The maximum atomic E-state index is 5.82. The fourth-order valence-corrected chi connectivity index (χ4v) is 5.39. The summed E-state index contributed by atoms with van der Waals surface area (Å²) < 4.78 is 11.6. The van der Waals surface area contributed by atoms with Crippen LogP contribution in [0, 0.1) is 0 Å².